The highest BCUT2D eigenvalue weighted by Gasteiger charge is 2.38. The van der Waals surface area contributed by atoms with Gasteiger partial charge in [-0.15, -0.1) is 0 Å². The smallest absolute Gasteiger partial charge is 0.396 e. The van der Waals surface area contributed by atoms with Crippen molar-refractivity contribution in [1.29, 1.82) is 0 Å². The zero-order chi connectivity index (χ0) is 21.9. The second-order valence-electron chi connectivity index (χ2n) is 6.33. The molecule has 0 aliphatic rings. The number of carbonyl (C=O) groups is 1. The van der Waals surface area contributed by atoms with E-state index in [0.29, 0.717) is 13.0 Å². The molecule has 2 aromatic heterocycles. The number of fused-ring (bicyclic) bond motifs is 1. The van der Waals surface area contributed by atoms with Gasteiger partial charge in [-0.05, 0) is 37.2 Å². The lowest BCUT2D eigenvalue weighted by Gasteiger charge is -2.10. The molecule has 30 heavy (non-hydrogen) atoms. The molecule has 0 aliphatic heterocycles. The third kappa shape index (κ3) is 4.70. The molecule has 0 saturated heterocycles. The number of imidazole rings is 1. The summed E-state index contributed by atoms with van der Waals surface area (Å²) >= 11 is 12.1. The number of amides is 1. The monoisotopic (exact) mass is 460 g/mol. The Morgan fingerprint density at radius 1 is 1.17 bits per heavy atom. The molecule has 3 aromatic rings. The molecule has 3 rings (SSSR count). The lowest BCUT2D eigenvalue weighted by molar-refractivity contribution is -0.141. The van der Waals surface area contributed by atoms with Crippen LogP contribution in [0.1, 0.15) is 28.2 Å². The van der Waals surface area contributed by atoms with Crippen LogP contribution in [0.15, 0.2) is 36.5 Å². The first-order valence-corrected chi connectivity index (χ1v) is 9.63. The molecule has 11 heteroatoms. The minimum absolute atomic E-state index is 0.0105. The molecule has 0 aliphatic carbocycles. The van der Waals surface area contributed by atoms with Gasteiger partial charge in [-0.1, -0.05) is 29.3 Å². The van der Waals surface area contributed by atoms with E-state index in [9.17, 15) is 18.0 Å². The summed E-state index contributed by atoms with van der Waals surface area (Å²) in [5.41, 5.74) is -1.15. The fraction of sp³-hybridized carbons (Fsp3) is 0.263. The summed E-state index contributed by atoms with van der Waals surface area (Å²) in [5, 5.41) is 14.4. The van der Waals surface area contributed by atoms with Gasteiger partial charge in [0.1, 0.15) is 0 Å². The molecule has 160 valence electrons. The zero-order valence-electron chi connectivity index (χ0n) is 15.4. The van der Waals surface area contributed by atoms with Gasteiger partial charge in [0.2, 0.25) is 0 Å². The number of rotatable bonds is 7. The van der Waals surface area contributed by atoms with Crippen LogP contribution in [0.4, 0.5) is 18.9 Å². The van der Waals surface area contributed by atoms with Gasteiger partial charge in [-0.2, -0.15) is 13.2 Å². The number of anilines is 1. The lowest BCUT2D eigenvalue weighted by Crippen LogP contribution is -2.20. The van der Waals surface area contributed by atoms with Gasteiger partial charge in [0.05, 0.1) is 27.0 Å². The Labute approximate surface area is 179 Å². The van der Waals surface area contributed by atoms with E-state index in [1.165, 1.54) is 34.9 Å². The molecule has 0 fully saturated rings. The van der Waals surface area contributed by atoms with Crippen LogP contribution < -0.4 is 10.6 Å². The molecule has 0 spiro atoms. The summed E-state index contributed by atoms with van der Waals surface area (Å²) in [4.78, 5) is 16.4. The van der Waals surface area contributed by atoms with Crippen molar-refractivity contribution in [3.63, 3.8) is 0 Å². The molecule has 0 saturated carbocycles. The Bertz CT molecular complexity index is 1050. The van der Waals surface area contributed by atoms with E-state index in [2.05, 4.69) is 15.6 Å². The SMILES string of the molecule is O=C(Nc1cccn2c(CNCCCO)c(C(F)(F)F)nc12)c1c(Cl)cccc1Cl. The van der Waals surface area contributed by atoms with E-state index in [4.69, 9.17) is 28.3 Å². The van der Waals surface area contributed by atoms with Crippen molar-refractivity contribution in [1.82, 2.24) is 14.7 Å². The number of pyridine rings is 1. The molecule has 0 unspecified atom stereocenters. The van der Waals surface area contributed by atoms with Gasteiger partial charge in [0.15, 0.2) is 11.3 Å². The maximum atomic E-state index is 13.6. The highest BCUT2D eigenvalue weighted by Crippen LogP contribution is 2.34. The van der Waals surface area contributed by atoms with E-state index < -0.39 is 17.8 Å². The van der Waals surface area contributed by atoms with Crippen molar-refractivity contribution in [2.75, 3.05) is 18.5 Å². The first kappa shape index (κ1) is 22.4. The van der Waals surface area contributed by atoms with Crippen LogP contribution in [-0.2, 0) is 12.7 Å². The van der Waals surface area contributed by atoms with Gasteiger partial charge in [-0.25, -0.2) is 4.98 Å². The third-order valence-corrected chi connectivity index (χ3v) is 4.89. The number of carbonyl (C=O) groups excluding carboxylic acids is 1. The predicted octanol–water partition coefficient (Wildman–Crippen LogP) is 4.38. The van der Waals surface area contributed by atoms with E-state index in [0.717, 1.165) is 0 Å². The number of alkyl halides is 3. The molecule has 3 N–H and O–H groups in total. The number of aliphatic hydroxyl groups is 1. The fourth-order valence-electron chi connectivity index (χ4n) is 2.92. The molecule has 1 amide bonds. The Kier molecular flexibility index (Phi) is 6.87. The van der Waals surface area contributed by atoms with E-state index >= 15 is 0 Å². The number of aliphatic hydroxyl groups excluding tert-OH is 1. The van der Waals surface area contributed by atoms with Crippen LogP contribution in [-0.4, -0.2) is 33.6 Å². The summed E-state index contributed by atoms with van der Waals surface area (Å²) < 4.78 is 41.9. The largest absolute Gasteiger partial charge is 0.435 e. The average molecular weight is 461 g/mol. The predicted molar refractivity (Wildman–Crippen MR) is 108 cm³/mol. The standard InChI is InChI=1S/C19H17Cl2F3N4O2/c20-11-4-1-5-12(21)15(11)18(30)26-13-6-2-8-28-14(10-25-7-3-9-29)16(19(22,23)24)27-17(13)28/h1-2,4-6,8,25,29H,3,7,9-10H2,(H,26,30). The van der Waals surface area contributed by atoms with Crippen molar-refractivity contribution >= 4 is 40.4 Å². The molecular formula is C19H17Cl2F3N4O2. The normalized spacial score (nSPS) is 11.8. The van der Waals surface area contributed by atoms with E-state index in [1.54, 1.807) is 6.07 Å². The molecular weight excluding hydrogens is 444 g/mol. The van der Waals surface area contributed by atoms with Crippen molar-refractivity contribution in [2.45, 2.75) is 19.1 Å². The quantitative estimate of drug-likeness (QED) is 0.457. The fourth-order valence-corrected chi connectivity index (χ4v) is 3.49. The number of hydrogen-bond acceptors (Lipinski definition) is 4. The Balaban J connectivity index is 2.00. The van der Waals surface area contributed by atoms with Crippen molar-refractivity contribution < 1.29 is 23.1 Å². The average Bonchev–Trinajstić information content (AvgIpc) is 3.05. The third-order valence-electron chi connectivity index (χ3n) is 4.26. The summed E-state index contributed by atoms with van der Waals surface area (Å²) in [5.74, 6) is -0.669. The number of halogens is 5. The van der Waals surface area contributed by atoms with Crippen LogP contribution in [0.5, 0.6) is 0 Å². The molecule has 0 bridgehead atoms. The summed E-state index contributed by atoms with van der Waals surface area (Å²) in [6.07, 6.45) is -2.86. The molecule has 2 heterocycles. The minimum Gasteiger partial charge on any atom is -0.396 e. The number of nitrogens with one attached hydrogen (secondary N) is 2. The zero-order valence-corrected chi connectivity index (χ0v) is 16.9. The van der Waals surface area contributed by atoms with Crippen LogP contribution in [0.2, 0.25) is 10.0 Å². The number of benzene rings is 1. The van der Waals surface area contributed by atoms with Crippen LogP contribution in [0, 0.1) is 0 Å². The molecule has 0 radical (unpaired) electrons. The first-order chi connectivity index (χ1) is 14.2. The van der Waals surface area contributed by atoms with Gasteiger partial charge >= 0.3 is 6.18 Å². The van der Waals surface area contributed by atoms with Gasteiger partial charge < -0.3 is 20.1 Å². The summed E-state index contributed by atoms with van der Waals surface area (Å²) in [7, 11) is 0. The van der Waals surface area contributed by atoms with Gasteiger partial charge in [0.25, 0.3) is 5.91 Å². The molecule has 1 aromatic carbocycles. The second kappa shape index (κ2) is 9.22. The van der Waals surface area contributed by atoms with Crippen molar-refractivity contribution in [3.8, 4) is 0 Å². The van der Waals surface area contributed by atoms with E-state index in [1.807, 2.05) is 0 Å². The maximum Gasteiger partial charge on any atom is 0.435 e. The lowest BCUT2D eigenvalue weighted by atomic mass is 10.2. The number of aromatic nitrogens is 2. The Morgan fingerprint density at radius 2 is 1.87 bits per heavy atom. The van der Waals surface area contributed by atoms with Gasteiger partial charge in [-0.3, -0.25) is 4.79 Å². The summed E-state index contributed by atoms with van der Waals surface area (Å²) in [6, 6.07) is 7.47. The Morgan fingerprint density at radius 3 is 2.50 bits per heavy atom. The first-order valence-electron chi connectivity index (χ1n) is 8.88. The number of hydrogen-bond donors (Lipinski definition) is 3. The molecule has 0 atom stereocenters. The van der Waals surface area contributed by atoms with E-state index in [-0.39, 0.29) is 45.8 Å². The van der Waals surface area contributed by atoms with Gasteiger partial charge in [0, 0.05) is 19.3 Å². The number of nitrogens with zero attached hydrogens (tertiary/aromatic N) is 2. The van der Waals surface area contributed by atoms with Crippen LogP contribution >= 0.6 is 23.2 Å². The summed E-state index contributed by atoms with van der Waals surface area (Å²) in [6.45, 7) is 0.138. The maximum absolute atomic E-state index is 13.6. The minimum atomic E-state index is -4.69. The Hall–Kier alpha value is -2.33. The highest BCUT2D eigenvalue weighted by atomic mass is 35.5. The van der Waals surface area contributed by atoms with Crippen molar-refractivity contribution in [3.05, 3.63) is 63.5 Å². The molecule has 6 nitrogen and oxygen atoms in total. The topological polar surface area (TPSA) is 78.7 Å². The highest BCUT2D eigenvalue weighted by molar-refractivity contribution is 6.40. The van der Waals surface area contributed by atoms with Crippen LogP contribution in [0.25, 0.3) is 5.65 Å². The second-order valence-corrected chi connectivity index (χ2v) is 7.14. The van der Waals surface area contributed by atoms with Crippen molar-refractivity contribution in [2.24, 2.45) is 0 Å². The van der Waals surface area contributed by atoms with Crippen LogP contribution in [0.3, 0.4) is 0 Å².